The highest BCUT2D eigenvalue weighted by molar-refractivity contribution is 9.10. The van der Waals surface area contributed by atoms with Gasteiger partial charge in [-0.15, -0.1) is 5.10 Å². The molecule has 0 radical (unpaired) electrons. The molecule has 1 aliphatic rings. The summed E-state index contributed by atoms with van der Waals surface area (Å²) in [6.07, 6.45) is 2.04. The second-order valence-electron chi connectivity index (χ2n) is 6.47. The summed E-state index contributed by atoms with van der Waals surface area (Å²) in [6, 6.07) is 7.39. The van der Waals surface area contributed by atoms with Crippen LogP contribution in [0.4, 0.5) is 5.82 Å². The first-order valence-corrected chi connectivity index (χ1v) is 8.98. The normalized spacial score (nSPS) is 20.5. The van der Waals surface area contributed by atoms with Gasteiger partial charge in [0.15, 0.2) is 16.1 Å². The SMILES string of the molecule is CC1CCC(C)N1C(=O)c1cc(N)n2nc(-c3ccc(Br)o3)nc2c1. The predicted molar refractivity (Wildman–Crippen MR) is 97.1 cm³/mol. The number of pyridine rings is 1. The molecule has 1 aliphatic heterocycles. The maximum Gasteiger partial charge on any atom is 0.254 e. The van der Waals surface area contributed by atoms with Gasteiger partial charge in [0.05, 0.1) is 0 Å². The third-order valence-corrected chi connectivity index (χ3v) is 5.12. The molecular weight excluding hydrogens is 386 g/mol. The van der Waals surface area contributed by atoms with E-state index in [4.69, 9.17) is 10.2 Å². The molecular formula is C17H18BrN5O2. The van der Waals surface area contributed by atoms with Crippen LogP contribution in [0.25, 0.3) is 17.2 Å². The van der Waals surface area contributed by atoms with E-state index in [0.29, 0.717) is 33.3 Å². The van der Waals surface area contributed by atoms with Crippen LogP contribution in [-0.4, -0.2) is 37.5 Å². The number of nitrogens with two attached hydrogens (primary N) is 1. The lowest BCUT2D eigenvalue weighted by molar-refractivity contribution is 0.0693. The number of furan rings is 1. The summed E-state index contributed by atoms with van der Waals surface area (Å²) in [4.78, 5) is 19.3. The Morgan fingerprint density at radius 2 is 2.00 bits per heavy atom. The van der Waals surface area contributed by atoms with Crippen molar-refractivity contribution in [1.29, 1.82) is 0 Å². The summed E-state index contributed by atoms with van der Waals surface area (Å²) in [7, 11) is 0. The molecule has 1 amide bonds. The summed E-state index contributed by atoms with van der Waals surface area (Å²) in [5.74, 6) is 1.30. The summed E-state index contributed by atoms with van der Waals surface area (Å²) in [5.41, 5.74) is 7.16. The van der Waals surface area contributed by atoms with Crippen molar-refractivity contribution in [1.82, 2.24) is 19.5 Å². The van der Waals surface area contributed by atoms with Crippen LogP contribution in [0.1, 0.15) is 37.0 Å². The summed E-state index contributed by atoms with van der Waals surface area (Å²) in [6.45, 7) is 4.15. The second kappa shape index (κ2) is 5.87. The number of aromatic nitrogens is 3. The number of nitrogens with zero attached hydrogens (tertiary/aromatic N) is 4. The molecule has 0 saturated carbocycles. The maximum absolute atomic E-state index is 12.9. The molecule has 0 bridgehead atoms. The lowest BCUT2D eigenvalue weighted by Gasteiger charge is -2.26. The monoisotopic (exact) mass is 403 g/mol. The van der Waals surface area contributed by atoms with Gasteiger partial charge in [0, 0.05) is 17.6 Å². The van der Waals surface area contributed by atoms with Gasteiger partial charge >= 0.3 is 0 Å². The Labute approximate surface area is 152 Å². The molecule has 4 heterocycles. The number of likely N-dealkylation sites (tertiary alicyclic amines) is 1. The Balaban J connectivity index is 1.75. The van der Waals surface area contributed by atoms with Crippen LogP contribution in [0.15, 0.2) is 33.4 Å². The van der Waals surface area contributed by atoms with Crippen molar-refractivity contribution < 1.29 is 9.21 Å². The van der Waals surface area contributed by atoms with Crippen LogP contribution in [-0.2, 0) is 0 Å². The molecule has 0 aliphatic carbocycles. The molecule has 7 nitrogen and oxygen atoms in total. The summed E-state index contributed by atoms with van der Waals surface area (Å²) >= 11 is 3.26. The van der Waals surface area contributed by atoms with Crippen LogP contribution in [0.5, 0.6) is 0 Å². The molecule has 0 aromatic carbocycles. The first kappa shape index (κ1) is 16.1. The molecule has 25 heavy (non-hydrogen) atoms. The van der Waals surface area contributed by atoms with Gasteiger partial charge in [-0.2, -0.15) is 4.52 Å². The van der Waals surface area contributed by atoms with Crippen molar-refractivity contribution in [2.75, 3.05) is 5.73 Å². The van der Waals surface area contributed by atoms with Crippen LogP contribution >= 0.6 is 15.9 Å². The molecule has 3 aromatic rings. The third kappa shape index (κ3) is 2.70. The molecule has 8 heteroatoms. The number of fused-ring (bicyclic) bond motifs is 1. The van der Waals surface area contributed by atoms with E-state index in [1.807, 2.05) is 4.90 Å². The second-order valence-corrected chi connectivity index (χ2v) is 7.25. The standard InChI is InChI=1S/C17H18BrN5O2/c1-9-3-4-10(2)22(9)17(24)11-7-14(19)23-15(8-11)20-16(21-23)12-5-6-13(18)25-12/h5-10H,3-4,19H2,1-2H3. The van der Waals surface area contributed by atoms with Crippen molar-refractivity contribution in [3.8, 4) is 11.6 Å². The minimum Gasteiger partial charge on any atom is -0.446 e. The first-order chi connectivity index (χ1) is 11.9. The van der Waals surface area contributed by atoms with Crippen molar-refractivity contribution in [2.24, 2.45) is 0 Å². The fourth-order valence-electron chi connectivity index (χ4n) is 3.42. The molecule has 2 unspecified atom stereocenters. The molecule has 2 atom stereocenters. The van der Waals surface area contributed by atoms with E-state index < -0.39 is 0 Å². The number of amides is 1. The van der Waals surface area contributed by atoms with E-state index in [1.54, 1.807) is 24.3 Å². The lowest BCUT2D eigenvalue weighted by atomic mass is 10.2. The van der Waals surface area contributed by atoms with Gasteiger partial charge in [-0.05, 0) is 66.9 Å². The zero-order valence-corrected chi connectivity index (χ0v) is 15.5. The van der Waals surface area contributed by atoms with Gasteiger partial charge in [-0.1, -0.05) is 0 Å². The van der Waals surface area contributed by atoms with E-state index in [0.717, 1.165) is 12.8 Å². The van der Waals surface area contributed by atoms with Crippen molar-refractivity contribution in [2.45, 2.75) is 38.8 Å². The Morgan fingerprint density at radius 1 is 1.28 bits per heavy atom. The minimum atomic E-state index is -0.0167. The Hall–Kier alpha value is -2.35. The number of hydrogen-bond acceptors (Lipinski definition) is 5. The highest BCUT2D eigenvalue weighted by Gasteiger charge is 2.32. The Bertz CT molecular complexity index is 953. The van der Waals surface area contributed by atoms with Gasteiger partial charge < -0.3 is 15.1 Å². The quantitative estimate of drug-likeness (QED) is 0.708. The number of carbonyl (C=O) groups is 1. The number of rotatable bonds is 2. The zero-order chi connectivity index (χ0) is 17.7. The summed E-state index contributed by atoms with van der Waals surface area (Å²) < 4.78 is 7.60. The molecule has 1 fully saturated rings. The van der Waals surface area contributed by atoms with E-state index in [9.17, 15) is 4.79 Å². The Morgan fingerprint density at radius 3 is 2.64 bits per heavy atom. The number of carbonyl (C=O) groups excluding carboxylic acids is 1. The smallest absolute Gasteiger partial charge is 0.254 e. The fourth-order valence-corrected chi connectivity index (χ4v) is 3.72. The number of nitrogen functional groups attached to an aromatic ring is 1. The van der Waals surface area contributed by atoms with E-state index in [1.165, 1.54) is 4.52 Å². The van der Waals surface area contributed by atoms with Gasteiger partial charge in [0.2, 0.25) is 5.82 Å². The largest absolute Gasteiger partial charge is 0.446 e. The number of halogens is 1. The van der Waals surface area contributed by atoms with Gasteiger partial charge in [-0.25, -0.2) is 4.98 Å². The van der Waals surface area contributed by atoms with Gasteiger partial charge in [-0.3, -0.25) is 4.79 Å². The van der Waals surface area contributed by atoms with Crippen molar-refractivity contribution in [3.63, 3.8) is 0 Å². The topological polar surface area (TPSA) is 89.7 Å². The highest BCUT2D eigenvalue weighted by Crippen LogP contribution is 2.27. The van der Waals surface area contributed by atoms with E-state index in [2.05, 4.69) is 39.9 Å². The van der Waals surface area contributed by atoms with Crippen LogP contribution in [0.3, 0.4) is 0 Å². The van der Waals surface area contributed by atoms with E-state index >= 15 is 0 Å². The number of anilines is 1. The van der Waals surface area contributed by atoms with Gasteiger partial charge in [0.25, 0.3) is 5.91 Å². The fraction of sp³-hybridized carbons (Fsp3) is 0.353. The average molecular weight is 404 g/mol. The van der Waals surface area contributed by atoms with Crippen LogP contribution in [0.2, 0.25) is 0 Å². The molecule has 0 spiro atoms. The molecule has 130 valence electrons. The predicted octanol–water partition coefficient (Wildman–Crippen LogP) is 3.35. The Kier molecular flexibility index (Phi) is 3.79. The van der Waals surface area contributed by atoms with Gasteiger partial charge in [0.1, 0.15) is 5.82 Å². The highest BCUT2D eigenvalue weighted by atomic mass is 79.9. The number of hydrogen-bond donors (Lipinski definition) is 1. The molecule has 2 N–H and O–H groups in total. The third-order valence-electron chi connectivity index (χ3n) is 4.69. The first-order valence-electron chi connectivity index (χ1n) is 8.18. The summed E-state index contributed by atoms with van der Waals surface area (Å²) in [5, 5.41) is 4.36. The average Bonchev–Trinajstić information content (AvgIpc) is 3.26. The van der Waals surface area contributed by atoms with Crippen molar-refractivity contribution in [3.05, 3.63) is 34.5 Å². The van der Waals surface area contributed by atoms with Crippen LogP contribution < -0.4 is 5.73 Å². The lowest BCUT2D eigenvalue weighted by Crippen LogP contribution is -2.38. The molecule has 3 aromatic heterocycles. The van der Waals surface area contributed by atoms with Crippen molar-refractivity contribution >= 4 is 33.3 Å². The minimum absolute atomic E-state index is 0.0167. The molecule has 4 rings (SSSR count). The zero-order valence-electron chi connectivity index (χ0n) is 13.9. The maximum atomic E-state index is 12.9. The molecule has 1 saturated heterocycles. The van der Waals surface area contributed by atoms with E-state index in [-0.39, 0.29) is 18.0 Å². The van der Waals surface area contributed by atoms with Crippen LogP contribution in [0, 0.1) is 0 Å².